The molecule has 0 aromatic heterocycles. The number of phenols is 1. The Balaban J connectivity index is 2.06. The molecule has 1 aromatic rings. The molecule has 2 aliphatic heterocycles. The van der Waals surface area contributed by atoms with Gasteiger partial charge in [0.2, 0.25) is 0 Å². The molecule has 0 spiro atoms. The van der Waals surface area contributed by atoms with Crippen molar-refractivity contribution in [1.29, 1.82) is 0 Å². The lowest BCUT2D eigenvalue weighted by molar-refractivity contribution is -0.387. The number of ether oxygens (including phenoxy) is 5. The van der Waals surface area contributed by atoms with Gasteiger partial charge in [-0.05, 0) is 31.5 Å². The predicted octanol–water partition coefficient (Wildman–Crippen LogP) is -2.08. The number of aliphatic hydroxyl groups is 6. The van der Waals surface area contributed by atoms with Crippen LogP contribution in [0, 0.1) is 0 Å². The molecule has 12 heteroatoms. The van der Waals surface area contributed by atoms with E-state index in [2.05, 4.69) is 0 Å². The minimum absolute atomic E-state index is 0.0126. The van der Waals surface area contributed by atoms with Crippen LogP contribution in [0.2, 0.25) is 0 Å². The first-order chi connectivity index (χ1) is 15.6. The summed E-state index contributed by atoms with van der Waals surface area (Å²) in [5, 5.41) is 73.2. The molecule has 2 aliphatic rings. The molecule has 33 heavy (non-hydrogen) atoms. The maximum atomic E-state index is 11.8. The first kappa shape index (κ1) is 26.0. The van der Waals surface area contributed by atoms with Crippen molar-refractivity contribution in [2.75, 3.05) is 20.3 Å². The Kier molecular flexibility index (Phi) is 8.17. The molecule has 0 amide bonds. The fourth-order valence-electron chi connectivity index (χ4n) is 4.10. The molecule has 2 fully saturated rings. The third kappa shape index (κ3) is 4.68. The third-order valence-corrected chi connectivity index (χ3v) is 6.01. The number of methoxy groups -OCH3 is 1. The summed E-state index contributed by atoms with van der Waals surface area (Å²) in [5.74, 6) is -0.201. The molecular weight excluding hydrogens is 444 g/mol. The summed E-state index contributed by atoms with van der Waals surface area (Å²) < 4.78 is 27.5. The Bertz CT molecular complexity index is 793. The van der Waals surface area contributed by atoms with Gasteiger partial charge in [0.25, 0.3) is 0 Å². The number of benzene rings is 1. The number of aliphatic hydroxyl groups excluding tert-OH is 5. The van der Waals surface area contributed by atoms with Gasteiger partial charge in [-0.25, -0.2) is 0 Å². The van der Waals surface area contributed by atoms with Crippen LogP contribution in [-0.4, -0.2) is 111 Å². The second-order valence-electron chi connectivity index (χ2n) is 8.08. The smallest absolute Gasteiger partial charge is 0.193 e. The summed E-state index contributed by atoms with van der Waals surface area (Å²) in [6, 6.07) is 3.95. The molecule has 10 atom stereocenters. The lowest BCUT2D eigenvalue weighted by Crippen LogP contribution is -2.68. The Labute approximate surface area is 190 Å². The van der Waals surface area contributed by atoms with E-state index in [0.717, 1.165) is 0 Å². The van der Waals surface area contributed by atoms with Crippen molar-refractivity contribution in [1.82, 2.24) is 0 Å². The van der Waals surface area contributed by atoms with Crippen LogP contribution < -0.4 is 4.74 Å². The second-order valence-corrected chi connectivity index (χ2v) is 8.08. The van der Waals surface area contributed by atoms with Crippen LogP contribution in [0.4, 0.5) is 0 Å². The molecule has 0 saturated carbocycles. The third-order valence-electron chi connectivity index (χ3n) is 6.01. The van der Waals surface area contributed by atoms with Crippen molar-refractivity contribution in [2.45, 2.75) is 74.8 Å². The van der Waals surface area contributed by atoms with Crippen LogP contribution in [0.25, 0.3) is 0 Å². The lowest BCUT2D eigenvalue weighted by Gasteiger charge is -2.51. The SMILES string of the molecule is CCO[C@@H]1O[C@H](CO)[C@@H](O)[C@H](O[C@@H]2O[C@@H](C)[C@H](O)[C@@H](O)[C@H]2O)[C@]1(O)c1ccc(OC)c(O)c1. The van der Waals surface area contributed by atoms with Crippen molar-refractivity contribution >= 4 is 0 Å². The monoisotopic (exact) mass is 476 g/mol. The van der Waals surface area contributed by atoms with E-state index in [4.69, 9.17) is 23.7 Å². The molecule has 0 bridgehead atoms. The molecule has 1 aromatic carbocycles. The standard InChI is InChI=1S/C21H32O12/c1-4-30-20-21(28,10-5-6-12(29-3)11(23)7-10)18(15(25)13(8-22)32-20)33-19-17(27)16(26)14(24)9(2)31-19/h5-7,9,13-20,22-28H,4,8H2,1-3H3/t9-,13+,14-,15+,16+,17+,18-,19-,20+,21+/m0/s1. The summed E-state index contributed by atoms with van der Waals surface area (Å²) in [6.07, 6.45) is -13.3. The summed E-state index contributed by atoms with van der Waals surface area (Å²) in [7, 11) is 1.35. The first-order valence-corrected chi connectivity index (χ1v) is 10.6. The molecule has 0 unspecified atom stereocenters. The van der Waals surface area contributed by atoms with Crippen molar-refractivity contribution in [3.8, 4) is 11.5 Å². The van der Waals surface area contributed by atoms with Crippen LogP contribution in [0.1, 0.15) is 19.4 Å². The molecule has 0 aliphatic carbocycles. The highest BCUT2D eigenvalue weighted by Gasteiger charge is 2.59. The van der Waals surface area contributed by atoms with Gasteiger partial charge >= 0.3 is 0 Å². The fraction of sp³-hybridized carbons (Fsp3) is 0.714. The lowest BCUT2D eigenvalue weighted by atomic mass is 9.80. The van der Waals surface area contributed by atoms with Crippen molar-refractivity contribution in [3.63, 3.8) is 0 Å². The maximum Gasteiger partial charge on any atom is 0.193 e. The van der Waals surface area contributed by atoms with Gasteiger partial charge in [-0.1, -0.05) is 6.07 Å². The zero-order chi connectivity index (χ0) is 24.5. The molecule has 0 radical (unpaired) electrons. The molecule has 2 saturated heterocycles. The Morgan fingerprint density at radius 2 is 1.73 bits per heavy atom. The Morgan fingerprint density at radius 3 is 2.30 bits per heavy atom. The average Bonchev–Trinajstić information content (AvgIpc) is 2.80. The molecule has 3 rings (SSSR count). The highest BCUT2D eigenvalue weighted by molar-refractivity contribution is 5.44. The number of phenolic OH excluding ortho intramolecular Hbond substituents is 1. The molecular formula is C21H32O12. The van der Waals surface area contributed by atoms with E-state index in [-0.39, 0.29) is 23.7 Å². The summed E-state index contributed by atoms with van der Waals surface area (Å²) in [4.78, 5) is 0. The van der Waals surface area contributed by atoms with Crippen LogP contribution >= 0.6 is 0 Å². The van der Waals surface area contributed by atoms with Crippen LogP contribution in [0.15, 0.2) is 18.2 Å². The average molecular weight is 476 g/mol. The van der Waals surface area contributed by atoms with E-state index in [1.165, 1.54) is 32.2 Å². The molecule has 2 heterocycles. The normalized spacial score (nSPS) is 41.7. The van der Waals surface area contributed by atoms with Crippen LogP contribution in [0.5, 0.6) is 11.5 Å². The predicted molar refractivity (Wildman–Crippen MR) is 109 cm³/mol. The number of rotatable bonds is 7. The Morgan fingerprint density at radius 1 is 1.03 bits per heavy atom. The van der Waals surface area contributed by atoms with Gasteiger partial charge in [0.05, 0.1) is 19.8 Å². The molecule has 7 N–H and O–H groups in total. The van der Waals surface area contributed by atoms with E-state index in [1.807, 2.05) is 0 Å². The van der Waals surface area contributed by atoms with Crippen molar-refractivity contribution in [2.24, 2.45) is 0 Å². The van der Waals surface area contributed by atoms with E-state index >= 15 is 0 Å². The van der Waals surface area contributed by atoms with Gasteiger partial charge < -0.3 is 59.4 Å². The van der Waals surface area contributed by atoms with Gasteiger partial charge in [0, 0.05) is 6.61 Å². The second kappa shape index (κ2) is 10.4. The topological polar surface area (TPSA) is 188 Å². The molecule has 188 valence electrons. The number of aromatic hydroxyl groups is 1. The van der Waals surface area contributed by atoms with Crippen LogP contribution in [-0.2, 0) is 24.5 Å². The van der Waals surface area contributed by atoms with Gasteiger partial charge in [-0.3, -0.25) is 0 Å². The van der Waals surface area contributed by atoms with Gasteiger partial charge in [-0.2, -0.15) is 0 Å². The maximum absolute atomic E-state index is 11.8. The quantitative estimate of drug-likeness (QED) is 0.228. The zero-order valence-electron chi connectivity index (χ0n) is 18.5. The minimum Gasteiger partial charge on any atom is -0.504 e. The van der Waals surface area contributed by atoms with Gasteiger partial charge in [0.15, 0.2) is 29.7 Å². The number of hydrogen-bond acceptors (Lipinski definition) is 12. The van der Waals surface area contributed by atoms with Gasteiger partial charge in [0.1, 0.15) is 36.6 Å². The van der Waals surface area contributed by atoms with Crippen molar-refractivity contribution in [3.05, 3.63) is 23.8 Å². The van der Waals surface area contributed by atoms with Crippen molar-refractivity contribution < 1.29 is 59.4 Å². The van der Waals surface area contributed by atoms with E-state index < -0.39 is 67.5 Å². The van der Waals surface area contributed by atoms with E-state index in [9.17, 15) is 35.7 Å². The zero-order valence-corrected chi connectivity index (χ0v) is 18.5. The minimum atomic E-state index is -2.28. The number of hydrogen-bond donors (Lipinski definition) is 7. The summed E-state index contributed by atoms with van der Waals surface area (Å²) >= 11 is 0. The van der Waals surface area contributed by atoms with Gasteiger partial charge in [-0.15, -0.1) is 0 Å². The van der Waals surface area contributed by atoms with E-state index in [1.54, 1.807) is 6.92 Å². The summed E-state index contributed by atoms with van der Waals surface area (Å²) in [6.45, 7) is 2.50. The fourth-order valence-corrected chi connectivity index (χ4v) is 4.10. The van der Waals surface area contributed by atoms with E-state index in [0.29, 0.717) is 0 Å². The summed E-state index contributed by atoms with van der Waals surface area (Å²) in [5.41, 5.74) is -2.27. The van der Waals surface area contributed by atoms with Crippen LogP contribution in [0.3, 0.4) is 0 Å². The largest absolute Gasteiger partial charge is 0.504 e. The Hall–Kier alpha value is -1.58. The molecule has 12 nitrogen and oxygen atoms in total. The highest BCUT2D eigenvalue weighted by Crippen LogP contribution is 2.44. The highest BCUT2D eigenvalue weighted by atomic mass is 16.7. The first-order valence-electron chi connectivity index (χ1n) is 10.6.